The highest BCUT2D eigenvalue weighted by molar-refractivity contribution is 9.10. The van der Waals surface area contributed by atoms with E-state index in [2.05, 4.69) is 36.2 Å². The first-order chi connectivity index (χ1) is 14.4. The molecule has 0 amide bonds. The molecule has 4 aromatic rings. The van der Waals surface area contributed by atoms with Gasteiger partial charge in [0.2, 0.25) is 5.82 Å². The fourth-order valence-corrected chi connectivity index (χ4v) is 3.70. The number of ether oxygens (including phenoxy) is 1. The predicted molar refractivity (Wildman–Crippen MR) is 113 cm³/mol. The van der Waals surface area contributed by atoms with Crippen LogP contribution >= 0.6 is 15.9 Å². The Balaban J connectivity index is 1.36. The first kappa shape index (κ1) is 20.2. The van der Waals surface area contributed by atoms with Gasteiger partial charge in [0, 0.05) is 33.9 Å². The number of rotatable bonds is 6. The van der Waals surface area contributed by atoms with Crippen molar-refractivity contribution in [2.75, 3.05) is 0 Å². The number of hydrogen-bond acceptors (Lipinski definition) is 7. The molecule has 9 heteroatoms. The fourth-order valence-electron chi connectivity index (χ4n) is 3.30. The summed E-state index contributed by atoms with van der Waals surface area (Å²) in [6.07, 6.45) is 0.743. The monoisotopic (exact) mass is 469 g/mol. The van der Waals surface area contributed by atoms with Gasteiger partial charge in [0.15, 0.2) is 12.3 Å². The number of esters is 1. The smallest absolute Gasteiger partial charge is 0.306 e. The Morgan fingerprint density at radius 2 is 2.03 bits per heavy atom. The van der Waals surface area contributed by atoms with Crippen LogP contribution in [0.2, 0.25) is 0 Å². The molecule has 30 heavy (non-hydrogen) atoms. The summed E-state index contributed by atoms with van der Waals surface area (Å²) in [5, 5.41) is 8.39. The lowest BCUT2D eigenvalue weighted by atomic mass is 10.1. The third kappa shape index (κ3) is 4.25. The molecule has 0 bridgehead atoms. The van der Waals surface area contributed by atoms with Gasteiger partial charge < -0.3 is 9.26 Å². The number of benzene rings is 1. The lowest BCUT2D eigenvalue weighted by Crippen LogP contribution is -2.10. The highest BCUT2D eigenvalue weighted by Crippen LogP contribution is 2.21. The van der Waals surface area contributed by atoms with E-state index in [1.807, 2.05) is 55.6 Å². The van der Waals surface area contributed by atoms with Crippen molar-refractivity contribution in [3.05, 3.63) is 63.3 Å². The number of aryl methyl sites for hydroxylation is 3. The van der Waals surface area contributed by atoms with E-state index < -0.39 is 0 Å². The van der Waals surface area contributed by atoms with Gasteiger partial charge >= 0.3 is 5.97 Å². The van der Waals surface area contributed by atoms with Crippen molar-refractivity contribution in [1.29, 1.82) is 0 Å². The molecular formula is C21H20BrN5O3. The van der Waals surface area contributed by atoms with Crippen LogP contribution < -0.4 is 0 Å². The van der Waals surface area contributed by atoms with Crippen LogP contribution in [0.4, 0.5) is 0 Å². The molecule has 1 aromatic carbocycles. The predicted octanol–water partition coefficient (Wildman–Crippen LogP) is 4.14. The molecule has 3 aromatic heterocycles. The fraction of sp³-hybridized carbons (Fsp3) is 0.286. The third-order valence-corrected chi connectivity index (χ3v) is 5.27. The van der Waals surface area contributed by atoms with E-state index in [1.165, 1.54) is 0 Å². The minimum atomic E-state index is -0.340. The summed E-state index contributed by atoms with van der Waals surface area (Å²) >= 11 is 3.41. The highest BCUT2D eigenvalue weighted by Gasteiger charge is 2.15. The van der Waals surface area contributed by atoms with Crippen molar-refractivity contribution in [3.63, 3.8) is 0 Å². The maximum absolute atomic E-state index is 12.2. The van der Waals surface area contributed by atoms with Gasteiger partial charge in [-0.25, -0.2) is 9.50 Å². The van der Waals surface area contributed by atoms with Gasteiger partial charge in [-0.15, -0.1) is 0 Å². The van der Waals surface area contributed by atoms with E-state index in [1.54, 1.807) is 0 Å². The summed E-state index contributed by atoms with van der Waals surface area (Å²) < 4.78 is 13.2. The summed E-state index contributed by atoms with van der Waals surface area (Å²) in [6, 6.07) is 9.50. The van der Waals surface area contributed by atoms with Gasteiger partial charge in [-0.2, -0.15) is 10.1 Å². The standard InChI is InChI=1S/C21H20BrN5O3/c1-12-9-18-23-13(2)17(14(3)27(18)25-12)7-8-20(28)29-11-19-24-21(26-30-19)15-5-4-6-16(22)10-15/h4-6,9-10H,7-8,11H2,1-3H3. The second kappa shape index (κ2) is 8.35. The Hall–Kier alpha value is -3.07. The molecule has 0 aliphatic carbocycles. The second-order valence-electron chi connectivity index (χ2n) is 7.00. The van der Waals surface area contributed by atoms with Crippen LogP contribution in [0.3, 0.4) is 0 Å². The van der Waals surface area contributed by atoms with Gasteiger partial charge in [-0.1, -0.05) is 33.2 Å². The van der Waals surface area contributed by atoms with E-state index >= 15 is 0 Å². The molecule has 0 spiro atoms. The molecule has 154 valence electrons. The lowest BCUT2D eigenvalue weighted by molar-refractivity contribution is -0.145. The van der Waals surface area contributed by atoms with Crippen LogP contribution in [0.5, 0.6) is 0 Å². The van der Waals surface area contributed by atoms with Crippen molar-refractivity contribution >= 4 is 27.5 Å². The Bertz CT molecular complexity index is 1230. The quantitative estimate of drug-likeness (QED) is 0.391. The van der Waals surface area contributed by atoms with E-state index in [9.17, 15) is 4.79 Å². The number of hydrogen-bond donors (Lipinski definition) is 0. The van der Waals surface area contributed by atoms with Crippen LogP contribution in [0, 0.1) is 20.8 Å². The molecule has 3 heterocycles. The van der Waals surface area contributed by atoms with Gasteiger partial charge in [-0.05, 0) is 44.9 Å². The Morgan fingerprint density at radius 3 is 2.83 bits per heavy atom. The number of aromatic nitrogens is 5. The van der Waals surface area contributed by atoms with Crippen molar-refractivity contribution in [3.8, 4) is 11.4 Å². The van der Waals surface area contributed by atoms with Gasteiger partial charge in [0.1, 0.15) is 0 Å². The average molecular weight is 470 g/mol. The van der Waals surface area contributed by atoms with Crippen LogP contribution in [0.25, 0.3) is 17.0 Å². The molecule has 0 radical (unpaired) electrons. The van der Waals surface area contributed by atoms with Crippen molar-refractivity contribution < 1.29 is 14.1 Å². The highest BCUT2D eigenvalue weighted by atomic mass is 79.9. The van der Waals surface area contributed by atoms with Crippen LogP contribution in [0.1, 0.15) is 35.0 Å². The molecular weight excluding hydrogens is 450 g/mol. The molecule has 4 rings (SSSR count). The zero-order valence-corrected chi connectivity index (χ0v) is 18.4. The number of carbonyl (C=O) groups is 1. The summed E-state index contributed by atoms with van der Waals surface area (Å²) in [5.74, 6) is 0.357. The SMILES string of the molecule is Cc1cc2nc(C)c(CCC(=O)OCc3nc(-c4cccc(Br)c4)no3)c(C)n2n1. The van der Waals surface area contributed by atoms with Crippen LogP contribution in [-0.2, 0) is 22.6 Å². The minimum Gasteiger partial charge on any atom is -0.456 e. The van der Waals surface area contributed by atoms with E-state index in [0.29, 0.717) is 12.2 Å². The molecule has 0 unspecified atom stereocenters. The number of halogens is 1. The summed E-state index contributed by atoms with van der Waals surface area (Å²) in [5.41, 5.74) is 5.40. The topological polar surface area (TPSA) is 95.4 Å². The van der Waals surface area contributed by atoms with Gasteiger partial charge in [0.25, 0.3) is 5.89 Å². The van der Waals surface area contributed by atoms with E-state index in [0.717, 1.165) is 38.3 Å². The third-order valence-electron chi connectivity index (χ3n) is 4.77. The van der Waals surface area contributed by atoms with E-state index in [4.69, 9.17) is 9.26 Å². The summed E-state index contributed by atoms with van der Waals surface area (Å²) in [7, 11) is 0. The maximum Gasteiger partial charge on any atom is 0.306 e. The molecule has 0 saturated carbocycles. The Labute approximate surface area is 181 Å². The largest absolute Gasteiger partial charge is 0.456 e. The van der Waals surface area contributed by atoms with Crippen LogP contribution in [0.15, 0.2) is 39.3 Å². The molecule has 0 aliphatic heterocycles. The maximum atomic E-state index is 12.2. The van der Waals surface area contributed by atoms with Crippen molar-refractivity contribution in [1.82, 2.24) is 24.7 Å². The number of fused-ring (bicyclic) bond motifs is 1. The lowest BCUT2D eigenvalue weighted by Gasteiger charge is -2.10. The molecule has 0 atom stereocenters. The number of carbonyl (C=O) groups excluding carboxylic acids is 1. The first-order valence-electron chi connectivity index (χ1n) is 9.47. The molecule has 0 aliphatic rings. The van der Waals surface area contributed by atoms with Gasteiger partial charge in [-0.3, -0.25) is 4.79 Å². The Morgan fingerprint density at radius 1 is 1.20 bits per heavy atom. The summed E-state index contributed by atoms with van der Waals surface area (Å²) in [4.78, 5) is 21.1. The van der Waals surface area contributed by atoms with Crippen molar-refractivity contribution in [2.45, 2.75) is 40.2 Å². The zero-order chi connectivity index (χ0) is 21.3. The van der Waals surface area contributed by atoms with Crippen LogP contribution in [-0.4, -0.2) is 30.7 Å². The number of nitrogens with zero attached hydrogens (tertiary/aromatic N) is 5. The molecule has 0 fully saturated rings. The Kier molecular flexibility index (Phi) is 5.63. The first-order valence-corrected chi connectivity index (χ1v) is 10.3. The molecule has 8 nitrogen and oxygen atoms in total. The molecule has 0 N–H and O–H groups in total. The van der Waals surface area contributed by atoms with E-state index in [-0.39, 0.29) is 24.9 Å². The molecule has 0 saturated heterocycles. The average Bonchev–Trinajstić information content (AvgIpc) is 3.32. The summed E-state index contributed by atoms with van der Waals surface area (Å²) in [6.45, 7) is 5.79. The van der Waals surface area contributed by atoms with Gasteiger partial charge in [0.05, 0.1) is 5.69 Å². The van der Waals surface area contributed by atoms with Crippen molar-refractivity contribution in [2.24, 2.45) is 0 Å². The second-order valence-corrected chi connectivity index (χ2v) is 7.92. The zero-order valence-electron chi connectivity index (χ0n) is 16.8. The normalized spacial score (nSPS) is 11.2. The minimum absolute atomic E-state index is 0.0621.